The van der Waals surface area contributed by atoms with Crippen molar-refractivity contribution in [2.75, 3.05) is 27.2 Å². The van der Waals surface area contributed by atoms with Crippen molar-refractivity contribution in [3.05, 3.63) is 28.8 Å². The van der Waals surface area contributed by atoms with Gasteiger partial charge in [0.2, 0.25) is 10.0 Å². The highest BCUT2D eigenvalue weighted by molar-refractivity contribution is 7.89. The number of nitrogens with zero attached hydrogens (tertiary/aromatic N) is 1. The highest BCUT2D eigenvalue weighted by Gasteiger charge is 2.30. The molecule has 9 heteroatoms. The number of halogens is 2. The minimum atomic E-state index is -3.87. The fourth-order valence-electron chi connectivity index (χ4n) is 1.92. The van der Waals surface area contributed by atoms with Gasteiger partial charge in [0.15, 0.2) is 0 Å². The predicted molar refractivity (Wildman–Crippen MR) is 92.7 cm³/mol. The summed E-state index contributed by atoms with van der Waals surface area (Å²) in [6, 6.07) is 4.00. The minimum Gasteiger partial charge on any atom is -0.465 e. The third-order valence-corrected chi connectivity index (χ3v) is 5.34. The zero-order valence-electron chi connectivity index (χ0n) is 13.5. The number of methoxy groups -OCH3 is 1. The summed E-state index contributed by atoms with van der Waals surface area (Å²) in [6.07, 6.45) is 0. The number of nitrogens with two attached hydrogens (primary N) is 1. The van der Waals surface area contributed by atoms with Gasteiger partial charge in [0, 0.05) is 18.6 Å². The molecule has 0 fully saturated rings. The topological polar surface area (TPSA) is 89.7 Å². The van der Waals surface area contributed by atoms with E-state index in [0.717, 1.165) is 0 Å². The molecule has 0 atom stereocenters. The third kappa shape index (κ3) is 5.32. The number of carbonyl (C=O) groups is 1. The summed E-state index contributed by atoms with van der Waals surface area (Å²) in [5.41, 5.74) is 5.16. The zero-order valence-corrected chi connectivity index (χ0v) is 15.9. The van der Waals surface area contributed by atoms with Crippen molar-refractivity contribution in [3.8, 4) is 0 Å². The quantitative estimate of drug-likeness (QED) is 0.758. The number of carbonyl (C=O) groups excluding carboxylic acids is 1. The maximum absolute atomic E-state index is 12.7. The Kier molecular flexibility index (Phi) is 7.99. The van der Waals surface area contributed by atoms with Crippen LogP contribution in [0.3, 0.4) is 0 Å². The maximum atomic E-state index is 12.7. The Morgan fingerprint density at radius 3 is 2.43 bits per heavy atom. The molecule has 23 heavy (non-hydrogen) atoms. The molecule has 0 aliphatic rings. The van der Waals surface area contributed by atoms with E-state index in [0.29, 0.717) is 6.54 Å². The first kappa shape index (κ1) is 22.1. The normalized spacial score (nSPS) is 12.0. The number of hydrogen-bond acceptors (Lipinski definition) is 5. The van der Waals surface area contributed by atoms with Gasteiger partial charge in [-0.15, -0.1) is 12.4 Å². The molecule has 0 radical (unpaired) electrons. The molecule has 132 valence electrons. The standard InChI is InChI=1S/C14H21ClN2O4S.ClH/c1-14(2,8-16)9-17(3)22(19,20)12-6-5-10(15)7-11(12)13(18)21-4;/h5-7H,8-9,16H2,1-4H3;1H. The molecule has 0 spiro atoms. The van der Waals surface area contributed by atoms with Crippen molar-refractivity contribution in [1.82, 2.24) is 4.31 Å². The van der Waals surface area contributed by atoms with Crippen LogP contribution in [-0.4, -0.2) is 45.9 Å². The molecule has 6 nitrogen and oxygen atoms in total. The molecule has 0 aliphatic heterocycles. The lowest BCUT2D eigenvalue weighted by Gasteiger charge is -2.28. The van der Waals surface area contributed by atoms with E-state index < -0.39 is 16.0 Å². The van der Waals surface area contributed by atoms with Gasteiger partial charge in [-0.05, 0) is 30.2 Å². The Hall–Kier alpha value is -0.860. The lowest BCUT2D eigenvalue weighted by molar-refractivity contribution is 0.0596. The molecule has 0 bridgehead atoms. The Balaban J connectivity index is 0.00000484. The van der Waals surface area contributed by atoms with Crippen LogP contribution in [0.5, 0.6) is 0 Å². The molecule has 0 amide bonds. The summed E-state index contributed by atoms with van der Waals surface area (Å²) in [6.45, 7) is 4.27. The summed E-state index contributed by atoms with van der Waals surface area (Å²) in [5, 5.41) is 0.254. The molecule has 1 rings (SSSR count). The predicted octanol–water partition coefficient (Wildman–Crippen LogP) is 2.15. The van der Waals surface area contributed by atoms with Gasteiger partial charge in [0.05, 0.1) is 17.6 Å². The van der Waals surface area contributed by atoms with E-state index >= 15 is 0 Å². The molecule has 0 aliphatic carbocycles. The third-order valence-electron chi connectivity index (χ3n) is 3.24. The number of hydrogen-bond donors (Lipinski definition) is 1. The molecule has 2 N–H and O–H groups in total. The van der Waals surface area contributed by atoms with E-state index in [1.807, 2.05) is 13.8 Å². The molecule has 0 heterocycles. The van der Waals surface area contributed by atoms with Gasteiger partial charge in [-0.25, -0.2) is 17.5 Å². The lowest BCUT2D eigenvalue weighted by Crippen LogP contribution is -2.40. The van der Waals surface area contributed by atoms with Crippen LogP contribution in [-0.2, 0) is 14.8 Å². The molecule has 1 aromatic carbocycles. The summed E-state index contributed by atoms with van der Waals surface area (Å²) in [4.78, 5) is 11.7. The van der Waals surface area contributed by atoms with Gasteiger partial charge in [0.1, 0.15) is 0 Å². The van der Waals surface area contributed by atoms with Crippen LogP contribution in [0.2, 0.25) is 5.02 Å². The fourth-order valence-corrected chi connectivity index (χ4v) is 3.60. The van der Waals surface area contributed by atoms with Gasteiger partial charge >= 0.3 is 5.97 Å². The van der Waals surface area contributed by atoms with Crippen molar-refractivity contribution in [3.63, 3.8) is 0 Å². The highest BCUT2D eigenvalue weighted by atomic mass is 35.5. The van der Waals surface area contributed by atoms with Gasteiger partial charge in [-0.2, -0.15) is 0 Å². The molecule has 1 aromatic rings. The number of rotatable bonds is 6. The van der Waals surface area contributed by atoms with Crippen LogP contribution >= 0.6 is 24.0 Å². The van der Waals surface area contributed by atoms with Gasteiger partial charge in [-0.3, -0.25) is 0 Å². The summed E-state index contributed by atoms with van der Waals surface area (Å²) < 4.78 is 31.2. The van der Waals surface area contributed by atoms with E-state index in [-0.39, 0.29) is 39.8 Å². The number of sulfonamides is 1. The Morgan fingerprint density at radius 2 is 1.96 bits per heavy atom. The Labute approximate surface area is 148 Å². The van der Waals surface area contributed by atoms with Gasteiger partial charge < -0.3 is 10.5 Å². The Bertz CT molecular complexity index is 663. The van der Waals surface area contributed by atoms with E-state index in [1.165, 1.54) is 36.7 Å². The first-order valence-corrected chi connectivity index (χ1v) is 8.41. The summed E-state index contributed by atoms with van der Waals surface area (Å²) >= 11 is 5.84. The fraction of sp³-hybridized carbons (Fsp3) is 0.500. The second-order valence-corrected chi connectivity index (χ2v) is 8.21. The largest absolute Gasteiger partial charge is 0.465 e. The second kappa shape index (κ2) is 8.30. The van der Waals surface area contributed by atoms with Crippen molar-refractivity contribution < 1.29 is 17.9 Å². The molecule has 0 aromatic heterocycles. The average Bonchev–Trinajstić information content (AvgIpc) is 2.45. The number of benzene rings is 1. The summed E-state index contributed by atoms with van der Waals surface area (Å²) in [7, 11) is -1.24. The lowest BCUT2D eigenvalue weighted by atomic mass is 9.94. The highest BCUT2D eigenvalue weighted by Crippen LogP contribution is 2.26. The summed E-state index contributed by atoms with van der Waals surface area (Å²) in [5.74, 6) is -0.757. The second-order valence-electron chi connectivity index (χ2n) is 5.76. The van der Waals surface area contributed by atoms with Crippen molar-refractivity contribution in [1.29, 1.82) is 0 Å². The first-order chi connectivity index (χ1) is 10.0. The Morgan fingerprint density at radius 1 is 1.39 bits per heavy atom. The SMILES string of the molecule is COC(=O)c1cc(Cl)ccc1S(=O)(=O)N(C)CC(C)(C)CN.Cl. The first-order valence-electron chi connectivity index (χ1n) is 6.59. The minimum absolute atomic E-state index is 0. The number of esters is 1. The maximum Gasteiger partial charge on any atom is 0.339 e. The van der Waals surface area contributed by atoms with Gasteiger partial charge in [-0.1, -0.05) is 25.4 Å². The van der Waals surface area contributed by atoms with Crippen molar-refractivity contribution in [2.45, 2.75) is 18.7 Å². The van der Waals surface area contributed by atoms with Crippen molar-refractivity contribution >= 4 is 40.0 Å². The number of ether oxygens (including phenoxy) is 1. The van der Waals surface area contributed by atoms with Crippen LogP contribution < -0.4 is 5.73 Å². The van der Waals surface area contributed by atoms with Crippen LogP contribution in [0.4, 0.5) is 0 Å². The van der Waals surface area contributed by atoms with Crippen molar-refractivity contribution in [2.24, 2.45) is 11.1 Å². The van der Waals surface area contributed by atoms with Crippen LogP contribution in [0.15, 0.2) is 23.1 Å². The monoisotopic (exact) mass is 384 g/mol. The van der Waals surface area contributed by atoms with Crippen LogP contribution in [0.1, 0.15) is 24.2 Å². The van der Waals surface area contributed by atoms with E-state index in [4.69, 9.17) is 17.3 Å². The molecule has 0 unspecified atom stereocenters. The molecular formula is C14H22Cl2N2O4S. The average molecular weight is 385 g/mol. The molecular weight excluding hydrogens is 363 g/mol. The van der Waals surface area contributed by atoms with E-state index in [2.05, 4.69) is 4.74 Å². The van der Waals surface area contributed by atoms with E-state index in [1.54, 1.807) is 0 Å². The zero-order chi connectivity index (χ0) is 17.1. The molecule has 0 saturated carbocycles. The van der Waals surface area contributed by atoms with E-state index in [9.17, 15) is 13.2 Å². The van der Waals surface area contributed by atoms with Gasteiger partial charge in [0.25, 0.3) is 0 Å². The van der Waals surface area contributed by atoms with Crippen LogP contribution in [0, 0.1) is 5.41 Å². The van der Waals surface area contributed by atoms with Crippen LogP contribution in [0.25, 0.3) is 0 Å². The molecule has 0 saturated heterocycles. The smallest absolute Gasteiger partial charge is 0.339 e.